The molecule has 5 nitrogen and oxygen atoms in total. The summed E-state index contributed by atoms with van der Waals surface area (Å²) < 4.78 is 0. The van der Waals surface area contributed by atoms with E-state index in [0.717, 1.165) is 5.56 Å². The molecular weight excluding hydrogens is 290 g/mol. The minimum atomic E-state index is -0.471. The van der Waals surface area contributed by atoms with Crippen LogP contribution >= 0.6 is 11.6 Å². The van der Waals surface area contributed by atoms with E-state index in [-0.39, 0.29) is 11.8 Å². The summed E-state index contributed by atoms with van der Waals surface area (Å²) in [5, 5.41) is 6.54. The highest BCUT2D eigenvalue weighted by Gasteiger charge is 2.32. The Bertz CT molecular complexity index is 548. The van der Waals surface area contributed by atoms with Crippen LogP contribution in [0.1, 0.15) is 22.8 Å². The number of halogens is 1. The number of amides is 2. The quantitative estimate of drug-likeness (QED) is 0.882. The molecule has 2 rings (SSSR count). The van der Waals surface area contributed by atoms with Crippen LogP contribution in [-0.2, 0) is 4.79 Å². The molecular formula is C15H20ClN3O2. The molecule has 114 valence electrons. The van der Waals surface area contributed by atoms with Gasteiger partial charge in [0.2, 0.25) is 5.91 Å². The number of carbonyl (C=O) groups is 2. The first kappa shape index (κ1) is 15.8. The predicted molar refractivity (Wildman–Crippen MR) is 82.6 cm³/mol. The van der Waals surface area contributed by atoms with Gasteiger partial charge in [0.15, 0.2) is 0 Å². The smallest absolute Gasteiger partial charge is 0.254 e. The van der Waals surface area contributed by atoms with Crippen molar-refractivity contribution in [2.45, 2.75) is 19.9 Å². The molecule has 1 aromatic rings. The van der Waals surface area contributed by atoms with E-state index in [4.69, 9.17) is 11.6 Å². The molecule has 2 amide bonds. The molecule has 1 fully saturated rings. The lowest BCUT2D eigenvalue weighted by Gasteiger charge is -2.35. The first-order valence-corrected chi connectivity index (χ1v) is 7.48. The number of nitrogens with zero attached hydrogens (tertiary/aromatic N) is 1. The van der Waals surface area contributed by atoms with Crippen molar-refractivity contribution >= 4 is 23.4 Å². The molecule has 1 heterocycles. The molecule has 0 saturated carbocycles. The third kappa shape index (κ3) is 3.54. The van der Waals surface area contributed by atoms with Gasteiger partial charge in [0.05, 0.1) is 0 Å². The number of rotatable bonds is 3. The van der Waals surface area contributed by atoms with Crippen LogP contribution in [0.4, 0.5) is 0 Å². The number of hydrogen-bond acceptors (Lipinski definition) is 3. The van der Waals surface area contributed by atoms with Gasteiger partial charge in [0, 0.05) is 36.8 Å². The van der Waals surface area contributed by atoms with Crippen LogP contribution in [0.25, 0.3) is 0 Å². The van der Waals surface area contributed by atoms with E-state index in [1.54, 1.807) is 23.1 Å². The molecule has 0 spiro atoms. The van der Waals surface area contributed by atoms with Crippen LogP contribution in [0.15, 0.2) is 18.2 Å². The number of nitrogens with one attached hydrogen (secondary N) is 2. The van der Waals surface area contributed by atoms with Gasteiger partial charge in [0.1, 0.15) is 6.04 Å². The summed E-state index contributed by atoms with van der Waals surface area (Å²) in [5.41, 5.74) is 1.41. The highest BCUT2D eigenvalue weighted by atomic mass is 35.5. The van der Waals surface area contributed by atoms with E-state index in [0.29, 0.717) is 36.8 Å². The van der Waals surface area contributed by atoms with Crippen LogP contribution in [-0.4, -0.2) is 48.9 Å². The Morgan fingerprint density at radius 3 is 2.90 bits per heavy atom. The standard InChI is InChI=1S/C15H20ClN3O2/c1-3-18-14(20)13-9-17-6-7-19(13)15(21)12-5-4-11(16)8-10(12)2/h4-5,8,13,17H,3,6-7,9H2,1-2H3,(H,18,20). The summed E-state index contributed by atoms with van der Waals surface area (Å²) in [4.78, 5) is 26.5. The predicted octanol–water partition coefficient (Wildman–Crippen LogP) is 1.20. The Kier molecular flexibility index (Phi) is 5.20. The van der Waals surface area contributed by atoms with Gasteiger partial charge < -0.3 is 15.5 Å². The largest absolute Gasteiger partial charge is 0.355 e. The zero-order valence-corrected chi connectivity index (χ0v) is 13.0. The van der Waals surface area contributed by atoms with Crippen molar-refractivity contribution in [3.63, 3.8) is 0 Å². The van der Waals surface area contributed by atoms with Crippen molar-refractivity contribution in [1.29, 1.82) is 0 Å². The lowest BCUT2D eigenvalue weighted by Crippen LogP contribution is -2.59. The van der Waals surface area contributed by atoms with Crippen molar-refractivity contribution in [3.8, 4) is 0 Å². The van der Waals surface area contributed by atoms with E-state index in [9.17, 15) is 9.59 Å². The molecule has 1 aliphatic heterocycles. The summed E-state index contributed by atoms with van der Waals surface area (Å²) in [6.07, 6.45) is 0. The van der Waals surface area contributed by atoms with Gasteiger partial charge in [-0.2, -0.15) is 0 Å². The first-order valence-electron chi connectivity index (χ1n) is 7.10. The maximum Gasteiger partial charge on any atom is 0.254 e. The number of piperazine rings is 1. The number of likely N-dealkylation sites (N-methyl/N-ethyl adjacent to an activating group) is 1. The molecule has 21 heavy (non-hydrogen) atoms. The van der Waals surface area contributed by atoms with E-state index < -0.39 is 6.04 Å². The average molecular weight is 310 g/mol. The number of benzene rings is 1. The summed E-state index contributed by atoms with van der Waals surface area (Å²) in [7, 11) is 0. The van der Waals surface area contributed by atoms with Gasteiger partial charge in [-0.3, -0.25) is 9.59 Å². The average Bonchev–Trinajstić information content (AvgIpc) is 2.47. The van der Waals surface area contributed by atoms with Crippen LogP contribution < -0.4 is 10.6 Å². The topological polar surface area (TPSA) is 61.4 Å². The Labute approximate surface area is 129 Å². The minimum absolute atomic E-state index is 0.121. The van der Waals surface area contributed by atoms with Gasteiger partial charge in [-0.25, -0.2) is 0 Å². The fourth-order valence-electron chi connectivity index (χ4n) is 2.50. The van der Waals surface area contributed by atoms with Crippen LogP contribution in [0.2, 0.25) is 5.02 Å². The molecule has 1 unspecified atom stereocenters. The second-order valence-corrected chi connectivity index (χ2v) is 5.51. The van der Waals surface area contributed by atoms with Crippen LogP contribution in [0.5, 0.6) is 0 Å². The molecule has 6 heteroatoms. The molecule has 0 radical (unpaired) electrons. The number of hydrogen-bond donors (Lipinski definition) is 2. The van der Waals surface area contributed by atoms with E-state index in [1.165, 1.54) is 0 Å². The Hall–Kier alpha value is -1.59. The van der Waals surface area contributed by atoms with Crippen molar-refractivity contribution in [2.75, 3.05) is 26.2 Å². The molecule has 1 aliphatic rings. The summed E-state index contributed by atoms with van der Waals surface area (Å²) in [5.74, 6) is -0.244. The van der Waals surface area contributed by atoms with E-state index in [2.05, 4.69) is 10.6 Å². The van der Waals surface area contributed by atoms with Crippen molar-refractivity contribution in [1.82, 2.24) is 15.5 Å². The lowest BCUT2D eigenvalue weighted by atomic mass is 10.1. The fourth-order valence-corrected chi connectivity index (χ4v) is 2.72. The fraction of sp³-hybridized carbons (Fsp3) is 0.467. The molecule has 1 aromatic carbocycles. The first-order chi connectivity index (χ1) is 10.0. The number of carbonyl (C=O) groups excluding carboxylic acids is 2. The van der Waals surface area contributed by atoms with Crippen molar-refractivity contribution < 1.29 is 9.59 Å². The molecule has 0 bridgehead atoms. The second-order valence-electron chi connectivity index (χ2n) is 5.07. The zero-order valence-electron chi connectivity index (χ0n) is 12.3. The van der Waals surface area contributed by atoms with Gasteiger partial charge in [-0.1, -0.05) is 11.6 Å². The Morgan fingerprint density at radius 1 is 1.48 bits per heavy atom. The van der Waals surface area contributed by atoms with Crippen molar-refractivity contribution in [3.05, 3.63) is 34.3 Å². The SMILES string of the molecule is CCNC(=O)C1CNCCN1C(=O)c1ccc(Cl)cc1C. The third-order valence-electron chi connectivity index (χ3n) is 3.58. The molecule has 0 aliphatic carbocycles. The molecule has 0 aromatic heterocycles. The van der Waals surface area contributed by atoms with Gasteiger partial charge in [0.25, 0.3) is 5.91 Å². The van der Waals surface area contributed by atoms with Crippen LogP contribution in [0, 0.1) is 6.92 Å². The second kappa shape index (κ2) is 6.91. The maximum absolute atomic E-state index is 12.7. The zero-order chi connectivity index (χ0) is 15.4. The monoisotopic (exact) mass is 309 g/mol. The highest BCUT2D eigenvalue weighted by molar-refractivity contribution is 6.30. The Morgan fingerprint density at radius 2 is 2.24 bits per heavy atom. The maximum atomic E-state index is 12.7. The summed E-state index contributed by atoms with van der Waals surface area (Å²) in [6.45, 7) is 5.95. The third-order valence-corrected chi connectivity index (χ3v) is 3.81. The van der Waals surface area contributed by atoms with Gasteiger partial charge >= 0.3 is 0 Å². The molecule has 1 saturated heterocycles. The molecule has 1 atom stereocenters. The summed E-state index contributed by atoms with van der Waals surface area (Å²) in [6, 6.07) is 4.71. The summed E-state index contributed by atoms with van der Waals surface area (Å²) >= 11 is 5.93. The normalized spacial score (nSPS) is 18.4. The van der Waals surface area contributed by atoms with Crippen molar-refractivity contribution in [2.24, 2.45) is 0 Å². The van der Waals surface area contributed by atoms with Gasteiger partial charge in [-0.15, -0.1) is 0 Å². The van der Waals surface area contributed by atoms with E-state index in [1.807, 2.05) is 13.8 Å². The van der Waals surface area contributed by atoms with E-state index >= 15 is 0 Å². The lowest BCUT2D eigenvalue weighted by molar-refractivity contribution is -0.126. The number of aryl methyl sites for hydroxylation is 1. The molecule has 2 N–H and O–H groups in total. The Balaban J connectivity index is 2.24. The minimum Gasteiger partial charge on any atom is -0.355 e. The highest BCUT2D eigenvalue weighted by Crippen LogP contribution is 2.18. The van der Waals surface area contributed by atoms with Crippen LogP contribution in [0.3, 0.4) is 0 Å². The van der Waals surface area contributed by atoms with Gasteiger partial charge in [-0.05, 0) is 37.6 Å².